The van der Waals surface area contributed by atoms with Crippen molar-refractivity contribution in [3.63, 3.8) is 0 Å². The molecule has 1 aromatic heterocycles. The van der Waals surface area contributed by atoms with E-state index in [0.29, 0.717) is 36.5 Å². The van der Waals surface area contributed by atoms with Crippen LogP contribution in [0.2, 0.25) is 0 Å². The Hall–Kier alpha value is -4.51. The number of amides is 4. The molecular formula is C35H44FN5O10S. The number of carbonyl (C=O) groups is 4. The van der Waals surface area contributed by atoms with E-state index in [4.69, 9.17) is 14.2 Å². The zero-order valence-electron chi connectivity index (χ0n) is 29.4. The van der Waals surface area contributed by atoms with Crippen LogP contribution in [0.1, 0.15) is 65.7 Å². The molecule has 15 nitrogen and oxygen atoms in total. The molecule has 0 spiro atoms. The molecule has 2 aromatic rings. The van der Waals surface area contributed by atoms with Crippen molar-refractivity contribution in [3.05, 3.63) is 42.4 Å². The molecule has 3 fully saturated rings. The summed E-state index contributed by atoms with van der Waals surface area (Å²) in [7, 11) is -2.70. The maximum Gasteiger partial charge on any atom is 0.405 e. The van der Waals surface area contributed by atoms with E-state index in [9.17, 15) is 37.1 Å². The van der Waals surface area contributed by atoms with E-state index in [2.05, 4.69) is 20.3 Å². The third-order valence-corrected chi connectivity index (χ3v) is 12.7. The molecule has 0 unspecified atom stereocenters. The molecule has 1 aromatic carbocycles. The molecule has 7 atom stereocenters. The summed E-state index contributed by atoms with van der Waals surface area (Å²) >= 11 is 0. The zero-order chi connectivity index (χ0) is 37.6. The highest BCUT2D eigenvalue weighted by molar-refractivity contribution is 7.91. The van der Waals surface area contributed by atoms with E-state index in [-0.39, 0.29) is 37.4 Å². The van der Waals surface area contributed by atoms with Crippen molar-refractivity contribution in [3.8, 4) is 11.6 Å². The topological polar surface area (TPSA) is 203 Å². The number of hydrogen-bond acceptors (Lipinski definition) is 10. The Balaban J connectivity index is 1.35. The summed E-state index contributed by atoms with van der Waals surface area (Å²) in [4.78, 5) is 59.9. The van der Waals surface area contributed by atoms with Gasteiger partial charge in [0.2, 0.25) is 27.7 Å². The molecule has 2 aliphatic heterocycles. The molecule has 2 saturated carbocycles. The minimum Gasteiger partial charge on any atom is -0.494 e. The SMILES string of the molecule is CC[C@@H]1O[C@H](C)CCC=C[C@@H]2C[C@@]2(C(=O)NS(=O)(=O)C2(C)CC2)NC(=O)[C@@H]2C[C@@H](Oc3nccc4cc(OC)c(F)cc34)CN2C(=O)[C@H]1NC(=O)O. The predicted molar refractivity (Wildman–Crippen MR) is 184 cm³/mol. The van der Waals surface area contributed by atoms with Gasteiger partial charge in [-0.2, -0.15) is 0 Å². The molecule has 4 amide bonds. The predicted octanol–water partition coefficient (Wildman–Crippen LogP) is 2.77. The first-order chi connectivity index (χ1) is 24.6. The molecule has 4 aliphatic rings. The van der Waals surface area contributed by atoms with Crippen molar-refractivity contribution in [1.82, 2.24) is 25.2 Å². The van der Waals surface area contributed by atoms with E-state index in [0.717, 1.165) is 0 Å². The summed E-state index contributed by atoms with van der Waals surface area (Å²) < 4.78 is 59.6. The van der Waals surface area contributed by atoms with Gasteiger partial charge in [-0.15, -0.1) is 0 Å². The molecule has 1 saturated heterocycles. The highest BCUT2D eigenvalue weighted by Crippen LogP contribution is 2.47. The van der Waals surface area contributed by atoms with Crippen LogP contribution < -0.4 is 24.8 Å². The van der Waals surface area contributed by atoms with Crippen molar-refractivity contribution in [2.45, 2.75) is 106 Å². The number of nitrogens with one attached hydrogen (secondary N) is 3. The fourth-order valence-electron chi connectivity index (χ4n) is 6.99. The Labute approximate surface area is 300 Å². The van der Waals surface area contributed by atoms with E-state index in [1.807, 2.05) is 6.08 Å². The number of benzene rings is 1. The minimum absolute atomic E-state index is 0.0166. The highest BCUT2D eigenvalue weighted by atomic mass is 32.2. The number of methoxy groups -OCH3 is 1. The second-order valence-corrected chi connectivity index (χ2v) is 16.5. The van der Waals surface area contributed by atoms with Gasteiger partial charge in [-0.25, -0.2) is 22.6 Å². The van der Waals surface area contributed by atoms with Crippen molar-refractivity contribution in [2.24, 2.45) is 5.92 Å². The third kappa shape index (κ3) is 7.24. The second kappa shape index (κ2) is 14.1. The maximum atomic E-state index is 14.8. The van der Waals surface area contributed by atoms with Crippen molar-refractivity contribution in [1.29, 1.82) is 0 Å². The fraction of sp³-hybridized carbons (Fsp3) is 0.571. The molecule has 17 heteroatoms. The molecular weight excluding hydrogens is 701 g/mol. The van der Waals surface area contributed by atoms with Crippen LogP contribution in [0.4, 0.5) is 9.18 Å². The lowest BCUT2D eigenvalue weighted by molar-refractivity contribution is -0.145. The van der Waals surface area contributed by atoms with Crippen molar-refractivity contribution in [2.75, 3.05) is 13.7 Å². The van der Waals surface area contributed by atoms with Crippen LogP contribution in [0.15, 0.2) is 36.5 Å². The van der Waals surface area contributed by atoms with Gasteiger partial charge in [0, 0.05) is 23.9 Å². The van der Waals surface area contributed by atoms with Gasteiger partial charge >= 0.3 is 6.09 Å². The van der Waals surface area contributed by atoms with Crippen LogP contribution in [0.3, 0.4) is 0 Å². The van der Waals surface area contributed by atoms with Crippen LogP contribution in [0.5, 0.6) is 11.6 Å². The summed E-state index contributed by atoms with van der Waals surface area (Å²) in [5, 5.41) is 15.7. The number of nitrogens with zero attached hydrogens (tertiary/aromatic N) is 2. The average Bonchev–Trinajstić information content (AvgIpc) is 3.97. The van der Waals surface area contributed by atoms with Crippen LogP contribution in [-0.2, 0) is 29.1 Å². The Morgan fingerprint density at radius 1 is 1.25 bits per heavy atom. The number of halogens is 1. The number of carboxylic acid groups (broad SMARTS) is 1. The smallest absolute Gasteiger partial charge is 0.405 e. The summed E-state index contributed by atoms with van der Waals surface area (Å²) in [5.41, 5.74) is -1.61. The first kappa shape index (κ1) is 37.3. The Morgan fingerprint density at radius 2 is 2.00 bits per heavy atom. The lowest BCUT2D eigenvalue weighted by Crippen LogP contribution is -2.60. The van der Waals surface area contributed by atoms with Crippen molar-refractivity contribution >= 4 is 44.6 Å². The van der Waals surface area contributed by atoms with Gasteiger partial charge in [0.15, 0.2) is 11.6 Å². The standard InChI is InChI=1S/C35H44FN5O10S/c1-5-26-28(38-33(45)46)31(43)41-18-22(51-30-23-16-24(36)27(49-4)14-20(23)10-13-37-30)15-25(41)29(42)39-35(17-21(35)9-7-6-8-19(2)50-26)32(44)40-52(47,48)34(3)11-12-34/h7,9-10,13-14,16,19,21-22,25-26,28,38H,5-6,8,11-12,15,17-18H2,1-4H3,(H,39,42)(H,40,44)(H,45,46)/t19-,21-,22-,25+,26+,28+,35-/m1/s1. The van der Waals surface area contributed by atoms with Crippen LogP contribution in [-0.4, -0.2) is 102 Å². The molecule has 2 aliphatic carbocycles. The lowest BCUT2D eigenvalue weighted by Gasteiger charge is -2.33. The van der Waals surface area contributed by atoms with E-state index in [1.54, 1.807) is 32.9 Å². The highest BCUT2D eigenvalue weighted by Gasteiger charge is 2.63. The average molecular weight is 746 g/mol. The molecule has 282 valence electrons. The van der Waals surface area contributed by atoms with Gasteiger partial charge in [-0.1, -0.05) is 19.1 Å². The molecule has 3 heterocycles. The monoisotopic (exact) mass is 745 g/mol. The van der Waals surface area contributed by atoms with Gasteiger partial charge in [-0.05, 0) is 76.0 Å². The number of ether oxygens (including phenoxy) is 3. The molecule has 6 rings (SSSR count). The number of rotatable bonds is 8. The molecule has 52 heavy (non-hydrogen) atoms. The quantitative estimate of drug-likeness (QED) is 0.290. The molecule has 0 bridgehead atoms. The minimum atomic E-state index is -4.04. The third-order valence-electron chi connectivity index (χ3n) is 10.6. The molecule has 0 radical (unpaired) electrons. The zero-order valence-corrected chi connectivity index (χ0v) is 30.2. The number of pyridine rings is 1. The van der Waals surface area contributed by atoms with Gasteiger partial charge in [0.1, 0.15) is 23.7 Å². The lowest BCUT2D eigenvalue weighted by atomic mass is 10.0. The normalized spacial score (nSPS) is 30.2. The van der Waals surface area contributed by atoms with Crippen molar-refractivity contribution < 1.29 is 51.3 Å². The number of carbonyl (C=O) groups excluding carboxylic acids is 3. The summed E-state index contributed by atoms with van der Waals surface area (Å²) in [6.07, 6.45) is 3.48. The Kier molecular flexibility index (Phi) is 10.1. The number of allylic oxidation sites excluding steroid dienone is 1. The number of fused-ring (bicyclic) bond motifs is 3. The Bertz CT molecular complexity index is 1910. The van der Waals surface area contributed by atoms with Crippen LogP contribution >= 0.6 is 0 Å². The fourth-order valence-corrected chi connectivity index (χ4v) is 8.30. The van der Waals surface area contributed by atoms with Crippen LogP contribution in [0.25, 0.3) is 10.8 Å². The summed E-state index contributed by atoms with van der Waals surface area (Å²) in [6, 6.07) is 1.64. The number of hydrogen-bond donors (Lipinski definition) is 4. The van der Waals surface area contributed by atoms with E-state index < -0.39 is 86.3 Å². The Morgan fingerprint density at radius 3 is 2.67 bits per heavy atom. The first-order valence-corrected chi connectivity index (χ1v) is 18.9. The first-order valence-electron chi connectivity index (χ1n) is 17.4. The summed E-state index contributed by atoms with van der Waals surface area (Å²) in [5.74, 6) is -3.52. The van der Waals surface area contributed by atoms with Gasteiger partial charge in [0.25, 0.3) is 5.91 Å². The van der Waals surface area contributed by atoms with Gasteiger partial charge < -0.3 is 34.9 Å². The van der Waals surface area contributed by atoms with Gasteiger partial charge in [-0.3, -0.25) is 19.1 Å². The number of aromatic nitrogens is 1. The number of sulfonamides is 1. The molecule has 4 N–H and O–H groups in total. The van der Waals surface area contributed by atoms with Crippen LogP contribution in [0, 0.1) is 11.7 Å². The van der Waals surface area contributed by atoms with E-state index in [1.165, 1.54) is 30.3 Å². The largest absolute Gasteiger partial charge is 0.494 e. The second-order valence-electron chi connectivity index (χ2n) is 14.3. The van der Waals surface area contributed by atoms with Gasteiger partial charge in [0.05, 0.1) is 30.6 Å². The van der Waals surface area contributed by atoms with E-state index >= 15 is 0 Å². The summed E-state index contributed by atoms with van der Waals surface area (Å²) in [6.45, 7) is 4.90. The maximum absolute atomic E-state index is 14.8.